The number of fused-ring (bicyclic) bond motifs is 3. The monoisotopic (exact) mass is 440 g/mol. The van der Waals surface area contributed by atoms with Crippen molar-refractivity contribution in [1.29, 1.82) is 0 Å². The van der Waals surface area contributed by atoms with Gasteiger partial charge in [-0.1, -0.05) is 13.8 Å². The van der Waals surface area contributed by atoms with Gasteiger partial charge in [0.2, 0.25) is 0 Å². The summed E-state index contributed by atoms with van der Waals surface area (Å²) in [6.45, 7) is 5.61. The van der Waals surface area contributed by atoms with Gasteiger partial charge in [-0.3, -0.25) is 4.79 Å². The van der Waals surface area contributed by atoms with E-state index in [9.17, 15) is 19.5 Å². The van der Waals surface area contributed by atoms with E-state index in [-0.39, 0.29) is 23.6 Å². The first-order chi connectivity index (χ1) is 15.2. The number of anilines is 1. The first-order valence-electron chi connectivity index (χ1n) is 10.8. The molecule has 0 radical (unpaired) electrons. The zero-order valence-corrected chi connectivity index (χ0v) is 18.8. The Balaban J connectivity index is 1.92. The highest BCUT2D eigenvalue weighted by Gasteiger charge is 2.32. The number of hydrogen-bond acceptors (Lipinski definition) is 6. The maximum absolute atomic E-state index is 12.7. The number of carbonyl (C=O) groups is 2. The number of hydrogen-bond donors (Lipinski definition) is 1. The summed E-state index contributed by atoms with van der Waals surface area (Å²) in [6, 6.07) is 5.15. The summed E-state index contributed by atoms with van der Waals surface area (Å²) in [6.07, 6.45) is 3.08. The predicted molar refractivity (Wildman–Crippen MR) is 120 cm³/mol. The lowest BCUT2D eigenvalue weighted by atomic mass is 9.86. The third-order valence-electron chi connectivity index (χ3n) is 6.59. The van der Waals surface area contributed by atoms with Crippen molar-refractivity contribution in [3.63, 3.8) is 0 Å². The summed E-state index contributed by atoms with van der Waals surface area (Å²) < 4.78 is 12.4. The largest absolute Gasteiger partial charge is 0.477 e. The lowest BCUT2D eigenvalue weighted by Gasteiger charge is -2.34. The highest BCUT2D eigenvalue weighted by atomic mass is 16.5. The Kier molecular flexibility index (Phi) is 5.81. The molecule has 32 heavy (non-hydrogen) atoms. The number of aromatic carboxylic acids is 1. The van der Waals surface area contributed by atoms with Crippen molar-refractivity contribution in [2.75, 3.05) is 32.2 Å². The normalized spacial score (nSPS) is 19.6. The number of benzene rings is 1. The molecule has 170 valence electrons. The highest BCUT2D eigenvalue weighted by Crippen LogP contribution is 2.41. The molecule has 2 aliphatic heterocycles. The molecule has 2 atom stereocenters. The van der Waals surface area contributed by atoms with E-state index in [0.29, 0.717) is 24.2 Å². The zero-order chi connectivity index (χ0) is 23.2. The molecule has 0 saturated carbocycles. The van der Waals surface area contributed by atoms with Crippen LogP contribution in [-0.4, -0.2) is 55.0 Å². The van der Waals surface area contributed by atoms with Gasteiger partial charge in [0.15, 0.2) is 5.43 Å². The standard InChI is InChI=1S/C24H28N2O6/c1-13(2)19-7-14-8-20(25-6-5-15(11-25)31-3)17(24(30)32-4)9-16(14)21-10-22(27)18(23(28)29)12-26(19)21/h8-10,12-13,15,19H,5-7,11H2,1-4H3,(H,28,29). The van der Waals surface area contributed by atoms with Gasteiger partial charge in [-0.05, 0) is 36.5 Å². The fourth-order valence-corrected chi connectivity index (χ4v) is 4.79. The van der Waals surface area contributed by atoms with Crippen LogP contribution >= 0.6 is 0 Å². The lowest BCUT2D eigenvalue weighted by molar-refractivity contribution is 0.0600. The number of carboxylic acid groups (broad SMARTS) is 1. The van der Waals surface area contributed by atoms with Crippen LogP contribution in [0.15, 0.2) is 29.2 Å². The van der Waals surface area contributed by atoms with Crippen LogP contribution in [0, 0.1) is 5.92 Å². The Morgan fingerprint density at radius 3 is 2.50 bits per heavy atom. The summed E-state index contributed by atoms with van der Waals surface area (Å²) in [7, 11) is 3.04. The second-order valence-corrected chi connectivity index (χ2v) is 8.78. The Labute approximate surface area is 186 Å². The molecule has 0 bridgehead atoms. The molecular weight excluding hydrogens is 412 g/mol. The molecule has 2 aromatic rings. The molecule has 1 N–H and O–H groups in total. The molecule has 1 aromatic heterocycles. The van der Waals surface area contributed by atoms with Gasteiger partial charge in [0.1, 0.15) is 5.56 Å². The number of ether oxygens (including phenoxy) is 2. The van der Waals surface area contributed by atoms with Gasteiger partial charge in [0, 0.05) is 44.1 Å². The minimum Gasteiger partial charge on any atom is -0.477 e. The summed E-state index contributed by atoms with van der Waals surface area (Å²) in [5.41, 5.74) is 2.81. The van der Waals surface area contributed by atoms with Gasteiger partial charge in [-0.15, -0.1) is 0 Å². The third-order valence-corrected chi connectivity index (χ3v) is 6.59. The van der Waals surface area contributed by atoms with Crippen molar-refractivity contribution in [3.8, 4) is 11.3 Å². The summed E-state index contributed by atoms with van der Waals surface area (Å²) in [5, 5.41) is 9.45. The zero-order valence-electron chi connectivity index (χ0n) is 18.8. The molecule has 2 aliphatic rings. The van der Waals surface area contributed by atoms with Crippen LogP contribution < -0.4 is 10.3 Å². The fourth-order valence-electron chi connectivity index (χ4n) is 4.79. The maximum Gasteiger partial charge on any atom is 0.341 e. The molecule has 4 rings (SSSR count). The third kappa shape index (κ3) is 3.68. The van der Waals surface area contributed by atoms with E-state index in [1.807, 2.05) is 10.6 Å². The van der Waals surface area contributed by atoms with E-state index in [1.165, 1.54) is 19.4 Å². The number of carbonyl (C=O) groups excluding carboxylic acids is 1. The van der Waals surface area contributed by atoms with Crippen LogP contribution in [0.1, 0.15) is 52.6 Å². The van der Waals surface area contributed by atoms with Gasteiger partial charge in [-0.2, -0.15) is 0 Å². The van der Waals surface area contributed by atoms with Gasteiger partial charge >= 0.3 is 11.9 Å². The van der Waals surface area contributed by atoms with Gasteiger partial charge in [0.05, 0.1) is 30.2 Å². The number of nitrogens with zero attached hydrogens (tertiary/aromatic N) is 2. The number of rotatable bonds is 5. The van der Waals surface area contributed by atoms with E-state index in [4.69, 9.17) is 9.47 Å². The quantitative estimate of drug-likeness (QED) is 0.714. The van der Waals surface area contributed by atoms with Gasteiger partial charge in [0.25, 0.3) is 0 Å². The lowest BCUT2D eigenvalue weighted by Crippen LogP contribution is -2.29. The molecule has 2 unspecified atom stereocenters. The van der Waals surface area contributed by atoms with E-state index in [1.54, 1.807) is 13.2 Å². The van der Waals surface area contributed by atoms with Crippen LogP contribution in [-0.2, 0) is 15.9 Å². The minimum atomic E-state index is -1.24. The highest BCUT2D eigenvalue weighted by molar-refractivity contribution is 5.98. The van der Waals surface area contributed by atoms with Crippen molar-refractivity contribution >= 4 is 17.6 Å². The maximum atomic E-state index is 12.7. The van der Waals surface area contributed by atoms with E-state index in [0.717, 1.165) is 29.8 Å². The fraction of sp³-hybridized carbons (Fsp3) is 0.458. The Hall–Kier alpha value is -3.13. The molecule has 0 amide bonds. The predicted octanol–water partition coefficient (Wildman–Crippen LogP) is 2.98. The minimum absolute atomic E-state index is 0.0154. The van der Waals surface area contributed by atoms with Crippen molar-refractivity contribution in [3.05, 3.63) is 51.3 Å². The molecule has 8 heteroatoms. The Morgan fingerprint density at radius 1 is 1.16 bits per heavy atom. The molecule has 0 aliphatic carbocycles. The van der Waals surface area contributed by atoms with Crippen LogP contribution in [0.25, 0.3) is 11.3 Å². The topological polar surface area (TPSA) is 98.1 Å². The van der Waals surface area contributed by atoms with Crippen LogP contribution in [0.4, 0.5) is 5.69 Å². The molecule has 0 spiro atoms. The molecule has 1 saturated heterocycles. The molecule has 1 fully saturated rings. The SMILES string of the molecule is COC(=O)c1cc2c(cc1N1CCC(OC)C1)CC(C(C)C)n1cc(C(=O)O)c(=O)cc1-2. The molecular formula is C24H28N2O6. The van der Waals surface area contributed by atoms with E-state index >= 15 is 0 Å². The summed E-state index contributed by atoms with van der Waals surface area (Å²) in [4.78, 5) is 38.9. The van der Waals surface area contributed by atoms with E-state index in [2.05, 4.69) is 18.7 Å². The van der Waals surface area contributed by atoms with Gasteiger partial charge < -0.3 is 24.0 Å². The smallest absolute Gasteiger partial charge is 0.341 e. The molecule has 3 heterocycles. The average molecular weight is 440 g/mol. The van der Waals surface area contributed by atoms with Crippen LogP contribution in [0.3, 0.4) is 0 Å². The van der Waals surface area contributed by atoms with Crippen molar-refractivity contribution < 1.29 is 24.2 Å². The van der Waals surface area contributed by atoms with Gasteiger partial charge in [-0.25, -0.2) is 9.59 Å². The van der Waals surface area contributed by atoms with Crippen molar-refractivity contribution in [1.82, 2.24) is 4.57 Å². The van der Waals surface area contributed by atoms with Crippen LogP contribution in [0.5, 0.6) is 0 Å². The van der Waals surface area contributed by atoms with E-state index < -0.39 is 17.4 Å². The van der Waals surface area contributed by atoms with Crippen molar-refractivity contribution in [2.45, 2.75) is 38.8 Å². The first kappa shape index (κ1) is 22.1. The number of carboxylic acids is 1. The second-order valence-electron chi connectivity index (χ2n) is 8.78. The van der Waals surface area contributed by atoms with Crippen LogP contribution in [0.2, 0.25) is 0 Å². The first-order valence-corrected chi connectivity index (χ1v) is 10.8. The van der Waals surface area contributed by atoms with Crippen molar-refractivity contribution in [2.24, 2.45) is 5.92 Å². The number of esters is 1. The Morgan fingerprint density at radius 2 is 1.91 bits per heavy atom. The molecule has 8 nitrogen and oxygen atoms in total. The number of aromatic nitrogens is 1. The Bertz CT molecular complexity index is 1140. The average Bonchev–Trinajstić information content (AvgIpc) is 3.25. The number of pyridine rings is 1. The summed E-state index contributed by atoms with van der Waals surface area (Å²) >= 11 is 0. The second kappa shape index (κ2) is 8.43. The summed E-state index contributed by atoms with van der Waals surface area (Å²) in [5.74, 6) is -1.49. The molecule has 1 aromatic carbocycles. The number of methoxy groups -OCH3 is 2.